The van der Waals surface area contributed by atoms with E-state index in [1.54, 1.807) is 0 Å². The summed E-state index contributed by atoms with van der Waals surface area (Å²) in [5, 5.41) is 0.599. The van der Waals surface area contributed by atoms with E-state index in [4.69, 9.17) is 11.6 Å². The molecule has 1 atom stereocenters. The predicted molar refractivity (Wildman–Crippen MR) is 71.3 cm³/mol. The lowest BCUT2D eigenvalue weighted by molar-refractivity contribution is 0.911. The van der Waals surface area contributed by atoms with Crippen LogP contribution in [-0.2, 0) is 5.75 Å². The van der Waals surface area contributed by atoms with Gasteiger partial charge in [-0.25, -0.2) is 4.98 Å². The Balaban J connectivity index is 1.99. The number of pyridine rings is 1. The van der Waals surface area contributed by atoms with Gasteiger partial charge in [-0.3, -0.25) is 0 Å². The normalized spacial score (nSPS) is 13.1. The van der Waals surface area contributed by atoms with Crippen molar-refractivity contribution in [2.75, 3.05) is 5.88 Å². The van der Waals surface area contributed by atoms with Crippen LogP contribution >= 0.6 is 23.4 Å². The summed E-state index contributed by atoms with van der Waals surface area (Å²) in [6.07, 6.45) is 5.17. The third kappa shape index (κ3) is 2.92. The molecule has 86 valence electrons. The Morgan fingerprint density at radius 3 is 3.12 bits per heavy atom. The Labute approximate surface area is 105 Å². The first-order valence-corrected chi connectivity index (χ1v) is 6.98. The van der Waals surface area contributed by atoms with Gasteiger partial charge >= 0.3 is 0 Å². The maximum absolute atomic E-state index is 5.71. The zero-order valence-electron chi connectivity index (χ0n) is 9.27. The average Bonchev–Trinajstić information content (AvgIpc) is 2.69. The van der Waals surface area contributed by atoms with E-state index < -0.39 is 0 Å². The van der Waals surface area contributed by atoms with Gasteiger partial charge in [-0.1, -0.05) is 13.0 Å². The van der Waals surface area contributed by atoms with Gasteiger partial charge in [0, 0.05) is 29.3 Å². The largest absolute Gasteiger partial charge is 0.307 e. The molecule has 2 heterocycles. The molecule has 0 bridgehead atoms. The van der Waals surface area contributed by atoms with E-state index in [-0.39, 0.29) is 0 Å². The van der Waals surface area contributed by atoms with E-state index in [1.165, 1.54) is 0 Å². The number of imidazole rings is 1. The summed E-state index contributed by atoms with van der Waals surface area (Å²) in [6.45, 7) is 2.21. The molecule has 2 aromatic heterocycles. The van der Waals surface area contributed by atoms with Crippen molar-refractivity contribution in [3.63, 3.8) is 0 Å². The minimum atomic E-state index is 0.599. The third-order valence-corrected chi connectivity index (χ3v) is 3.93. The Kier molecular flexibility index (Phi) is 4.13. The van der Waals surface area contributed by atoms with Crippen molar-refractivity contribution in [3.8, 4) is 0 Å². The Hall–Kier alpha value is -0.670. The number of thioether (sulfide) groups is 1. The monoisotopic (exact) mass is 254 g/mol. The highest BCUT2D eigenvalue weighted by atomic mass is 35.5. The lowest BCUT2D eigenvalue weighted by Crippen LogP contribution is -1.97. The SMILES string of the molecule is CC(CCCl)SCc1cn2ccccc2n1. The van der Waals surface area contributed by atoms with E-state index in [9.17, 15) is 0 Å². The van der Waals surface area contributed by atoms with Crippen LogP contribution in [0.2, 0.25) is 0 Å². The molecule has 4 heteroatoms. The van der Waals surface area contributed by atoms with Crippen molar-refractivity contribution >= 4 is 29.0 Å². The number of hydrogen-bond donors (Lipinski definition) is 0. The molecule has 2 nitrogen and oxygen atoms in total. The molecule has 0 N–H and O–H groups in total. The maximum Gasteiger partial charge on any atom is 0.137 e. The molecule has 0 fully saturated rings. The summed E-state index contributed by atoms with van der Waals surface area (Å²) in [5.41, 5.74) is 2.15. The van der Waals surface area contributed by atoms with Crippen LogP contribution in [0.3, 0.4) is 0 Å². The second kappa shape index (κ2) is 5.60. The van der Waals surface area contributed by atoms with Crippen molar-refractivity contribution in [2.24, 2.45) is 0 Å². The fourth-order valence-corrected chi connectivity index (χ4v) is 2.86. The zero-order valence-corrected chi connectivity index (χ0v) is 10.8. The van der Waals surface area contributed by atoms with Crippen LogP contribution < -0.4 is 0 Å². The molecule has 0 aliphatic heterocycles. The molecule has 0 saturated heterocycles. The van der Waals surface area contributed by atoms with Crippen LogP contribution in [0.15, 0.2) is 30.6 Å². The smallest absolute Gasteiger partial charge is 0.137 e. The highest BCUT2D eigenvalue weighted by Crippen LogP contribution is 2.20. The number of alkyl halides is 1. The van der Waals surface area contributed by atoms with E-state index in [0.29, 0.717) is 5.25 Å². The lowest BCUT2D eigenvalue weighted by atomic mass is 10.4. The summed E-state index contributed by atoms with van der Waals surface area (Å²) in [5.74, 6) is 1.69. The van der Waals surface area contributed by atoms with Gasteiger partial charge in [0.25, 0.3) is 0 Å². The number of aromatic nitrogens is 2. The Morgan fingerprint density at radius 1 is 1.50 bits per heavy atom. The second-order valence-corrected chi connectivity index (χ2v) is 5.60. The number of nitrogens with zero attached hydrogens (tertiary/aromatic N) is 2. The molecule has 2 rings (SSSR count). The molecular weight excluding hydrogens is 240 g/mol. The first-order valence-electron chi connectivity index (χ1n) is 5.40. The fourth-order valence-electron chi connectivity index (χ4n) is 1.52. The van der Waals surface area contributed by atoms with Crippen LogP contribution in [0.5, 0.6) is 0 Å². The summed E-state index contributed by atoms with van der Waals surface area (Å²) >= 11 is 7.62. The lowest BCUT2D eigenvalue weighted by Gasteiger charge is -2.06. The number of halogens is 1. The van der Waals surface area contributed by atoms with Gasteiger partial charge in [0.1, 0.15) is 5.65 Å². The zero-order chi connectivity index (χ0) is 11.4. The van der Waals surface area contributed by atoms with E-state index >= 15 is 0 Å². The number of rotatable bonds is 5. The van der Waals surface area contributed by atoms with Gasteiger partial charge in [-0.15, -0.1) is 11.6 Å². The average molecular weight is 255 g/mol. The van der Waals surface area contributed by atoms with Crippen molar-refractivity contribution in [1.29, 1.82) is 0 Å². The van der Waals surface area contributed by atoms with E-state index in [0.717, 1.165) is 29.4 Å². The molecule has 1 unspecified atom stereocenters. The van der Waals surface area contributed by atoms with Gasteiger partial charge in [0.2, 0.25) is 0 Å². The first-order chi connectivity index (χ1) is 7.79. The van der Waals surface area contributed by atoms with Gasteiger partial charge < -0.3 is 4.40 Å². The van der Waals surface area contributed by atoms with Gasteiger partial charge in [0.05, 0.1) is 5.69 Å². The Bertz CT molecular complexity index is 422. The summed E-state index contributed by atoms with van der Waals surface area (Å²) in [4.78, 5) is 4.55. The van der Waals surface area contributed by atoms with Crippen LogP contribution in [-0.4, -0.2) is 20.5 Å². The molecule has 0 amide bonds. The minimum absolute atomic E-state index is 0.599. The Morgan fingerprint density at radius 2 is 2.38 bits per heavy atom. The van der Waals surface area contributed by atoms with Crippen molar-refractivity contribution < 1.29 is 0 Å². The second-order valence-electron chi connectivity index (χ2n) is 3.80. The maximum atomic E-state index is 5.71. The third-order valence-electron chi connectivity index (χ3n) is 2.45. The van der Waals surface area contributed by atoms with Crippen LogP contribution in [0, 0.1) is 0 Å². The first kappa shape index (κ1) is 11.8. The minimum Gasteiger partial charge on any atom is -0.307 e. The van der Waals surface area contributed by atoms with Gasteiger partial charge in [-0.2, -0.15) is 11.8 Å². The predicted octanol–water partition coefficient (Wildman–Crippen LogP) is 3.58. The molecule has 0 aliphatic carbocycles. The topological polar surface area (TPSA) is 17.3 Å². The molecule has 2 aromatic rings. The summed E-state index contributed by atoms with van der Waals surface area (Å²) < 4.78 is 2.06. The van der Waals surface area contributed by atoms with Crippen LogP contribution in [0.1, 0.15) is 19.0 Å². The summed E-state index contributed by atoms with van der Waals surface area (Å²) in [6, 6.07) is 6.05. The quantitative estimate of drug-likeness (QED) is 0.759. The van der Waals surface area contributed by atoms with Crippen molar-refractivity contribution in [1.82, 2.24) is 9.38 Å². The van der Waals surface area contributed by atoms with Gasteiger partial charge in [0.15, 0.2) is 0 Å². The molecular formula is C12H15ClN2S. The van der Waals surface area contributed by atoms with Gasteiger partial charge in [-0.05, 0) is 18.6 Å². The molecule has 16 heavy (non-hydrogen) atoms. The molecule has 0 saturated carbocycles. The van der Waals surface area contributed by atoms with E-state index in [1.807, 2.05) is 36.2 Å². The highest BCUT2D eigenvalue weighted by Gasteiger charge is 2.05. The number of hydrogen-bond acceptors (Lipinski definition) is 2. The number of fused-ring (bicyclic) bond motifs is 1. The highest BCUT2D eigenvalue weighted by molar-refractivity contribution is 7.99. The molecule has 0 aliphatic rings. The summed E-state index contributed by atoms with van der Waals surface area (Å²) in [7, 11) is 0. The molecule has 0 aromatic carbocycles. The van der Waals surface area contributed by atoms with Crippen LogP contribution in [0.4, 0.5) is 0 Å². The molecule has 0 spiro atoms. The fraction of sp³-hybridized carbons (Fsp3) is 0.417. The van der Waals surface area contributed by atoms with Crippen molar-refractivity contribution in [2.45, 2.75) is 24.3 Å². The standard InChI is InChI=1S/C12H15ClN2S/c1-10(5-6-13)16-9-11-8-15-7-3-2-4-12(15)14-11/h2-4,7-8,10H,5-6,9H2,1H3. The van der Waals surface area contributed by atoms with E-state index in [2.05, 4.69) is 22.5 Å². The van der Waals surface area contributed by atoms with Crippen molar-refractivity contribution in [3.05, 3.63) is 36.3 Å². The molecule has 0 radical (unpaired) electrons. The van der Waals surface area contributed by atoms with Crippen LogP contribution in [0.25, 0.3) is 5.65 Å².